The Morgan fingerprint density at radius 1 is 1.56 bits per heavy atom. The number of carboxylic acids is 1. The first-order valence-electron chi connectivity index (χ1n) is 5.19. The Morgan fingerprint density at radius 2 is 2.28 bits per heavy atom. The molecule has 4 nitrogen and oxygen atoms in total. The maximum atomic E-state index is 13.2. The molecule has 6 heteroatoms. The molecule has 1 heterocycles. The summed E-state index contributed by atoms with van der Waals surface area (Å²) in [6.07, 6.45) is 1.40. The van der Waals surface area contributed by atoms with Crippen molar-refractivity contribution in [1.29, 1.82) is 0 Å². The van der Waals surface area contributed by atoms with Crippen LogP contribution in [0.4, 0.5) is 4.39 Å². The molecular weight excluding hydrogens is 259 g/mol. The summed E-state index contributed by atoms with van der Waals surface area (Å²) < 4.78 is 14.7. The van der Waals surface area contributed by atoms with Crippen LogP contribution in [0.15, 0.2) is 24.4 Å². The summed E-state index contributed by atoms with van der Waals surface area (Å²) in [4.78, 5) is 10.9. The quantitative estimate of drug-likeness (QED) is 0.931. The molecule has 0 spiro atoms. The van der Waals surface area contributed by atoms with Crippen LogP contribution in [0.25, 0.3) is 0 Å². The van der Waals surface area contributed by atoms with Crippen molar-refractivity contribution in [3.63, 3.8) is 0 Å². The molecule has 0 amide bonds. The first-order chi connectivity index (χ1) is 8.49. The first kappa shape index (κ1) is 12.6. The Labute approximate surface area is 108 Å². The van der Waals surface area contributed by atoms with Crippen LogP contribution in [0, 0.1) is 12.7 Å². The summed E-state index contributed by atoms with van der Waals surface area (Å²) >= 11 is 5.82. The van der Waals surface area contributed by atoms with Gasteiger partial charge in [-0.3, -0.25) is 4.68 Å². The van der Waals surface area contributed by atoms with Gasteiger partial charge in [0.1, 0.15) is 11.4 Å². The molecule has 94 valence electrons. The van der Waals surface area contributed by atoms with Gasteiger partial charge in [-0.2, -0.15) is 5.10 Å². The molecule has 0 fully saturated rings. The van der Waals surface area contributed by atoms with E-state index in [1.165, 1.54) is 16.9 Å². The molecule has 0 aliphatic rings. The van der Waals surface area contributed by atoms with Gasteiger partial charge in [-0.25, -0.2) is 9.18 Å². The maximum absolute atomic E-state index is 13.2. The molecule has 1 N–H and O–H groups in total. The molecule has 2 aromatic rings. The zero-order valence-corrected chi connectivity index (χ0v) is 10.3. The van der Waals surface area contributed by atoms with Crippen LogP contribution in [0.5, 0.6) is 0 Å². The van der Waals surface area contributed by atoms with Gasteiger partial charge in [-0.1, -0.05) is 23.7 Å². The first-order valence-corrected chi connectivity index (χ1v) is 5.57. The minimum Gasteiger partial charge on any atom is -0.478 e. The predicted molar refractivity (Wildman–Crippen MR) is 64.4 cm³/mol. The monoisotopic (exact) mass is 268 g/mol. The van der Waals surface area contributed by atoms with Gasteiger partial charge < -0.3 is 5.11 Å². The Hall–Kier alpha value is -1.88. The number of aryl methyl sites for hydroxylation is 1. The molecule has 0 aliphatic carbocycles. The minimum absolute atomic E-state index is 0.0301. The molecule has 0 unspecified atom stereocenters. The molecule has 0 saturated carbocycles. The molecule has 0 aliphatic heterocycles. The van der Waals surface area contributed by atoms with Gasteiger partial charge in [0.15, 0.2) is 0 Å². The fourth-order valence-electron chi connectivity index (χ4n) is 1.65. The maximum Gasteiger partial charge on any atom is 0.339 e. The van der Waals surface area contributed by atoms with Crippen LogP contribution in [0.2, 0.25) is 5.02 Å². The van der Waals surface area contributed by atoms with Gasteiger partial charge in [-0.15, -0.1) is 0 Å². The zero-order chi connectivity index (χ0) is 13.3. The van der Waals surface area contributed by atoms with Crippen LogP contribution in [0.3, 0.4) is 0 Å². The zero-order valence-electron chi connectivity index (χ0n) is 9.52. The van der Waals surface area contributed by atoms with Gasteiger partial charge in [0.25, 0.3) is 0 Å². The average molecular weight is 269 g/mol. The highest BCUT2D eigenvalue weighted by atomic mass is 35.5. The van der Waals surface area contributed by atoms with Crippen molar-refractivity contribution in [3.05, 3.63) is 52.1 Å². The lowest BCUT2D eigenvalue weighted by Crippen LogP contribution is -2.02. The normalized spacial score (nSPS) is 10.6. The summed E-state index contributed by atoms with van der Waals surface area (Å²) in [5, 5.41) is 13.0. The number of rotatable bonds is 3. The second kappa shape index (κ2) is 4.78. The van der Waals surface area contributed by atoms with E-state index in [1.54, 1.807) is 19.1 Å². The lowest BCUT2D eigenvalue weighted by Gasteiger charge is -2.04. The smallest absolute Gasteiger partial charge is 0.339 e. The highest BCUT2D eigenvalue weighted by molar-refractivity contribution is 6.31. The van der Waals surface area contributed by atoms with E-state index in [1.807, 2.05) is 0 Å². The topological polar surface area (TPSA) is 55.1 Å². The largest absolute Gasteiger partial charge is 0.478 e. The highest BCUT2D eigenvalue weighted by Crippen LogP contribution is 2.20. The summed E-state index contributed by atoms with van der Waals surface area (Å²) in [5.74, 6) is -1.54. The van der Waals surface area contributed by atoms with Crippen molar-refractivity contribution < 1.29 is 14.3 Å². The Balaban J connectivity index is 2.32. The molecular formula is C12H10ClFN2O2. The van der Waals surface area contributed by atoms with Gasteiger partial charge >= 0.3 is 5.97 Å². The van der Waals surface area contributed by atoms with E-state index in [0.717, 1.165) is 0 Å². The van der Waals surface area contributed by atoms with Crippen molar-refractivity contribution in [2.75, 3.05) is 0 Å². The third kappa shape index (κ3) is 2.36. The van der Waals surface area contributed by atoms with Gasteiger partial charge in [0.2, 0.25) is 0 Å². The third-order valence-corrected chi connectivity index (χ3v) is 2.96. The SMILES string of the molecule is Cc1nn(Cc2cccc(F)c2Cl)cc1C(=O)O. The fraction of sp³-hybridized carbons (Fsp3) is 0.167. The Kier molecular flexibility index (Phi) is 3.34. The van der Waals surface area contributed by atoms with Crippen LogP contribution >= 0.6 is 11.6 Å². The summed E-state index contributed by atoms with van der Waals surface area (Å²) in [7, 11) is 0. The number of carboxylic acid groups (broad SMARTS) is 1. The van der Waals surface area contributed by atoms with E-state index in [4.69, 9.17) is 16.7 Å². The highest BCUT2D eigenvalue weighted by Gasteiger charge is 2.13. The van der Waals surface area contributed by atoms with Crippen molar-refractivity contribution in [3.8, 4) is 0 Å². The van der Waals surface area contributed by atoms with Crippen molar-refractivity contribution in [2.24, 2.45) is 0 Å². The molecule has 0 bridgehead atoms. The van der Waals surface area contributed by atoms with Gasteiger partial charge in [0.05, 0.1) is 17.3 Å². The van der Waals surface area contributed by atoms with Gasteiger partial charge in [-0.05, 0) is 18.6 Å². The van der Waals surface area contributed by atoms with Crippen molar-refractivity contribution >= 4 is 17.6 Å². The summed E-state index contributed by atoms with van der Waals surface area (Å²) in [6, 6.07) is 4.48. The van der Waals surface area contributed by atoms with E-state index < -0.39 is 11.8 Å². The van der Waals surface area contributed by atoms with Crippen molar-refractivity contribution in [1.82, 2.24) is 9.78 Å². The molecule has 0 radical (unpaired) electrons. The second-order valence-corrected chi connectivity index (χ2v) is 4.22. The van der Waals surface area contributed by atoms with E-state index in [0.29, 0.717) is 11.3 Å². The molecule has 0 saturated heterocycles. The van der Waals surface area contributed by atoms with Crippen LogP contribution in [0.1, 0.15) is 21.6 Å². The molecule has 1 aromatic carbocycles. The number of aromatic nitrogens is 2. The number of aromatic carboxylic acids is 1. The number of halogens is 2. The number of hydrogen-bond acceptors (Lipinski definition) is 2. The molecule has 0 atom stereocenters. The Morgan fingerprint density at radius 3 is 2.89 bits per heavy atom. The van der Waals surface area contributed by atoms with Gasteiger partial charge in [0, 0.05) is 6.20 Å². The van der Waals surface area contributed by atoms with E-state index in [2.05, 4.69) is 5.10 Å². The van der Waals surface area contributed by atoms with Crippen LogP contribution in [-0.2, 0) is 6.54 Å². The van der Waals surface area contributed by atoms with Crippen LogP contribution < -0.4 is 0 Å². The minimum atomic E-state index is -1.04. The van der Waals surface area contributed by atoms with E-state index in [9.17, 15) is 9.18 Å². The van der Waals surface area contributed by atoms with E-state index in [-0.39, 0.29) is 17.1 Å². The van der Waals surface area contributed by atoms with Crippen molar-refractivity contribution in [2.45, 2.75) is 13.5 Å². The molecule has 2 rings (SSSR count). The standard InChI is InChI=1S/C12H10ClFN2O2/c1-7-9(12(17)18)6-16(15-7)5-8-3-2-4-10(14)11(8)13/h2-4,6H,5H2,1H3,(H,17,18). The lowest BCUT2D eigenvalue weighted by molar-refractivity contribution is 0.0696. The number of benzene rings is 1. The fourth-order valence-corrected chi connectivity index (χ4v) is 1.84. The third-order valence-electron chi connectivity index (χ3n) is 2.54. The second-order valence-electron chi connectivity index (χ2n) is 3.84. The number of hydrogen-bond donors (Lipinski definition) is 1. The Bertz CT molecular complexity index is 610. The number of nitrogens with zero attached hydrogens (tertiary/aromatic N) is 2. The number of carbonyl (C=O) groups is 1. The molecule has 1 aromatic heterocycles. The molecule has 18 heavy (non-hydrogen) atoms. The lowest BCUT2D eigenvalue weighted by atomic mass is 10.2. The summed E-state index contributed by atoms with van der Waals surface area (Å²) in [5.41, 5.74) is 1.09. The van der Waals surface area contributed by atoms with E-state index >= 15 is 0 Å². The predicted octanol–water partition coefficient (Wildman–Crippen LogP) is 2.73. The summed E-state index contributed by atoms with van der Waals surface area (Å²) in [6.45, 7) is 1.83. The average Bonchev–Trinajstić information content (AvgIpc) is 2.66. The van der Waals surface area contributed by atoms with Crippen LogP contribution in [-0.4, -0.2) is 20.9 Å².